The summed E-state index contributed by atoms with van der Waals surface area (Å²) in [6.45, 7) is 2.29. The molecule has 20 heavy (non-hydrogen) atoms. The first-order valence-corrected chi connectivity index (χ1v) is 7.50. The van der Waals surface area contributed by atoms with E-state index in [4.69, 9.17) is 9.52 Å². The highest BCUT2D eigenvalue weighted by molar-refractivity contribution is 7.09. The predicted octanol–water partition coefficient (Wildman–Crippen LogP) is 2.31. The van der Waals surface area contributed by atoms with Gasteiger partial charge in [-0.05, 0) is 25.8 Å². The van der Waals surface area contributed by atoms with Crippen LogP contribution in [0, 0.1) is 6.92 Å². The number of carbonyl (C=O) groups is 1. The zero-order valence-corrected chi connectivity index (χ0v) is 12.0. The van der Waals surface area contributed by atoms with Crippen molar-refractivity contribution < 1.29 is 14.3 Å². The van der Waals surface area contributed by atoms with Gasteiger partial charge in [-0.1, -0.05) is 0 Å². The third-order valence-electron chi connectivity index (χ3n) is 3.31. The Kier molecular flexibility index (Phi) is 3.58. The van der Waals surface area contributed by atoms with Gasteiger partial charge in [0.25, 0.3) is 5.91 Å². The number of hydrogen-bond acceptors (Lipinski definition) is 5. The van der Waals surface area contributed by atoms with Crippen molar-refractivity contribution in [3.05, 3.63) is 28.3 Å². The molecule has 0 spiro atoms. The molecule has 0 bridgehead atoms. The fraction of sp³-hybridized carbons (Fsp3) is 0.429. The first kappa shape index (κ1) is 13.3. The normalized spacial score (nSPS) is 14.5. The van der Waals surface area contributed by atoms with Crippen molar-refractivity contribution >= 4 is 17.2 Å². The molecule has 1 aliphatic rings. The molecule has 2 aromatic heterocycles. The summed E-state index contributed by atoms with van der Waals surface area (Å²) in [6.07, 6.45) is 3.50. The fourth-order valence-electron chi connectivity index (χ4n) is 2.17. The van der Waals surface area contributed by atoms with Gasteiger partial charge < -0.3 is 14.4 Å². The summed E-state index contributed by atoms with van der Waals surface area (Å²) in [7, 11) is 0. The minimum Gasteiger partial charge on any atom is -0.462 e. The second-order valence-electron chi connectivity index (χ2n) is 4.90. The first-order chi connectivity index (χ1) is 9.69. The zero-order chi connectivity index (χ0) is 14.1. The topological polar surface area (TPSA) is 66.6 Å². The second-order valence-corrected chi connectivity index (χ2v) is 5.97. The lowest BCUT2D eigenvalue weighted by molar-refractivity contribution is 0.0707. The molecule has 1 N–H and O–H groups in total. The largest absolute Gasteiger partial charge is 0.462 e. The predicted molar refractivity (Wildman–Crippen MR) is 75.7 cm³/mol. The van der Waals surface area contributed by atoms with Crippen molar-refractivity contribution in [3.8, 4) is 11.5 Å². The molecule has 1 amide bonds. The minimum absolute atomic E-state index is 0.0156. The molecule has 2 heterocycles. The van der Waals surface area contributed by atoms with Crippen LogP contribution < -0.4 is 0 Å². The summed E-state index contributed by atoms with van der Waals surface area (Å²) in [5.41, 5.74) is 1.28. The molecule has 0 aromatic carbocycles. The molecule has 1 saturated carbocycles. The van der Waals surface area contributed by atoms with E-state index in [1.165, 1.54) is 6.26 Å². The van der Waals surface area contributed by atoms with Crippen molar-refractivity contribution in [2.45, 2.75) is 25.8 Å². The Morgan fingerprint density at radius 2 is 2.40 bits per heavy atom. The van der Waals surface area contributed by atoms with E-state index in [0.29, 0.717) is 17.9 Å². The minimum atomic E-state index is -0.0801. The molecule has 0 saturated heterocycles. The lowest BCUT2D eigenvalue weighted by Gasteiger charge is -2.20. The maximum absolute atomic E-state index is 12.4. The molecule has 1 fully saturated rings. The molecular weight excluding hydrogens is 276 g/mol. The summed E-state index contributed by atoms with van der Waals surface area (Å²) >= 11 is 1.55. The van der Waals surface area contributed by atoms with Gasteiger partial charge in [0.2, 0.25) is 0 Å². The number of aliphatic hydroxyl groups excluding tert-OH is 1. The standard InChI is InChI=1S/C14H16N2O3S/c1-9-15-12(8-20-9)13-6-10(7-19-13)14(18)16(4-5-17)11-2-3-11/h6-8,11,17H,2-5H2,1H3. The van der Waals surface area contributed by atoms with E-state index in [0.717, 1.165) is 23.5 Å². The van der Waals surface area contributed by atoms with E-state index in [-0.39, 0.29) is 18.6 Å². The number of aliphatic hydroxyl groups is 1. The summed E-state index contributed by atoms with van der Waals surface area (Å²) in [5.74, 6) is 0.529. The second kappa shape index (κ2) is 5.38. The van der Waals surface area contributed by atoms with Crippen LogP contribution >= 0.6 is 11.3 Å². The van der Waals surface area contributed by atoms with E-state index >= 15 is 0 Å². The van der Waals surface area contributed by atoms with Crippen molar-refractivity contribution in [1.29, 1.82) is 0 Å². The summed E-state index contributed by atoms with van der Waals surface area (Å²) in [6, 6.07) is 2.00. The van der Waals surface area contributed by atoms with Crippen molar-refractivity contribution in [2.75, 3.05) is 13.2 Å². The number of nitrogens with zero attached hydrogens (tertiary/aromatic N) is 2. The number of aromatic nitrogens is 1. The van der Waals surface area contributed by atoms with E-state index in [2.05, 4.69) is 4.98 Å². The van der Waals surface area contributed by atoms with Gasteiger partial charge in [-0.25, -0.2) is 4.98 Å². The molecular formula is C14H16N2O3S. The van der Waals surface area contributed by atoms with Crippen LogP contribution in [0.25, 0.3) is 11.5 Å². The summed E-state index contributed by atoms with van der Waals surface area (Å²) in [5, 5.41) is 11.9. The van der Waals surface area contributed by atoms with Crippen LogP contribution in [0.4, 0.5) is 0 Å². The number of aryl methyl sites for hydroxylation is 1. The molecule has 106 valence electrons. The quantitative estimate of drug-likeness (QED) is 0.918. The summed E-state index contributed by atoms with van der Waals surface area (Å²) in [4.78, 5) is 18.5. The van der Waals surface area contributed by atoms with Crippen LogP contribution in [0.15, 0.2) is 22.1 Å². The third-order valence-corrected chi connectivity index (χ3v) is 4.08. The molecule has 5 nitrogen and oxygen atoms in total. The molecule has 0 radical (unpaired) electrons. The molecule has 2 aromatic rings. The number of hydrogen-bond donors (Lipinski definition) is 1. The van der Waals surface area contributed by atoms with E-state index in [9.17, 15) is 4.79 Å². The monoisotopic (exact) mass is 292 g/mol. The molecule has 6 heteroatoms. The zero-order valence-electron chi connectivity index (χ0n) is 11.2. The van der Waals surface area contributed by atoms with E-state index < -0.39 is 0 Å². The van der Waals surface area contributed by atoms with Crippen LogP contribution in [-0.2, 0) is 0 Å². The molecule has 1 aliphatic carbocycles. The van der Waals surface area contributed by atoms with E-state index in [1.54, 1.807) is 22.3 Å². The third kappa shape index (κ3) is 2.62. The highest BCUT2D eigenvalue weighted by Crippen LogP contribution is 2.29. The van der Waals surface area contributed by atoms with Crippen LogP contribution in [0.5, 0.6) is 0 Å². The van der Waals surface area contributed by atoms with Crippen molar-refractivity contribution in [1.82, 2.24) is 9.88 Å². The Morgan fingerprint density at radius 3 is 3.00 bits per heavy atom. The van der Waals surface area contributed by atoms with Crippen molar-refractivity contribution in [2.24, 2.45) is 0 Å². The first-order valence-electron chi connectivity index (χ1n) is 6.62. The van der Waals surface area contributed by atoms with Crippen molar-refractivity contribution in [3.63, 3.8) is 0 Å². The van der Waals surface area contributed by atoms with E-state index in [1.807, 2.05) is 12.3 Å². The Labute approximate surface area is 120 Å². The van der Waals surface area contributed by atoms with Gasteiger partial charge in [0.1, 0.15) is 12.0 Å². The molecule has 3 rings (SSSR count). The van der Waals surface area contributed by atoms with Gasteiger partial charge >= 0.3 is 0 Å². The highest BCUT2D eigenvalue weighted by Gasteiger charge is 2.33. The average molecular weight is 292 g/mol. The van der Waals surface area contributed by atoms with Crippen LogP contribution in [-0.4, -0.2) is 40.1 Å². The Balaban J connectivity index is 1.80. The lowest BCUT2D eigenvalue weighted by atomic mass is 10.2. The van der Waals surface area contributed by atoms with Crippen LogP contribution in [0.2, 0.25) is 0 Å². The molecule has 0 aliphatic heterocycles. The Morgan fingerprint density at radius 1 is 1.60 bits per heavy atom. The van der Waals surface area contributed by atoms with Gasteiger partial charge in [-0.15, -0.1) is 11.3 Å². The Hall–Kier alpha value is -1.66. The number of carbonyl (C=O) groups excluding carboxylic acids is 1. The van der Waals surface area contributed by atoms with Gasteiger partial charge in [-0.2, -0.15) is 0 Å². The fourth-order valence-corrected chi connectivity index (χ4v) is 2.77. The summed E-state index contributed by atoms with van der Waals surface area (Å²) < 4.78 is 5.45. The number of amides is 1. The Bertz CT molecular complexity index is 615. The SMILES string of the molecule is Cc1nc(-c2cc(C(=O)N(CCO)C3CC3)co2)cs1. The van der Waals surface area contributed by atoms with Gasteiger partial charge in [0.05, 0.1) is 17.2 Å². The van der Waals surface area contributed by atoms with Crippen LogP contribution in [0.1, 0.15) is 28.2 Å². The van der Waals surface area contributed by atoms with Crippen LogP contribution in [0.3, 0.4) is 0 Å². The smallest absolute Gasteiger partial charge is 0.257 e. The molecule has 0 unspecified atom stereocenters. The molecule has 0 atom stereocenters. The number of furan rings is 1. The lowest BCUT2D eigenvalue weighted by Crippen LogP contribution is -2.35. The number of rotatable bonds is 5. The van der Waals surface area contributed by atoms with Gasteiger partial charge in [-0.3, -0.25) is 4.79 Å². The average Bonchev–Trinajstić information content (AvgIpc) is 2.98. The number of thiazole rings is 1. The maximum atomic E-state index is 12.4. The highest BCUT2D eigenvalue weighted by atomic mass is 32.1. The maximum Gasteiger partial charge on any atom is 0.257 e. The van der Waals surface area contributed by atoms with Gasteiger partial charge in [0.15, 0.2) is 5.76 Å². The van der Waals surface area contributed by atoms with Gasteiger partial charge in [0, 0.05) is 18.0 Å².